The van der Waals surface area contributed by atoms with Gasteiger partial charge in [-0.1, -0.05) is 32.0 Å². The molecule has 1 N–H and O–H groups in total. The standard InChI is InChI=1S/C21H29N5O2/c1-3-19-18(14-22-26(19)17-8-6-5-7-9-17)23-20(27)24-11-12-25(4-2)21(15-24)10-13-28-16-21/h5-9,14H,3-4,10-13,15-16H2,1-2H3,(H,23,27). The van der Waals surface area contributed by atoms with Crippen molar-refractivity contribution in [3.8, 4) is 5.69 Å². The lowest BCUT2D eigenvalue weighted by Crippen LogP contribution is -2.64. The average molecular weight is 383 g/mol. The second-order valence-electron chi connectivity index (χ2n) is 7.56. The van der Waals surface area contributed by atoms with Gasteiger partial charge in [0, 0.05) is 26.2 Å². The number of piperazine rings is 1. The molecule has 2 fully saturated rings. The molecule has 2 amide bonds. The molecule has 2 aromatic rings. The molecule has 4 rings (SSSR count). The number of rotatable bonds is 4. The van der Waals surface area contributed by atoms with Crippen molar-refractivity contribution in [3.63, 3.8) is 0 Å². The Morgan fingerprint density at radius 3 is 2.75 bits per heavy atom. The van der Waals surface area contributed by atoms with Crippen LogP contribution in [0.2, 0.25) is 0 Å². The number of hydrogen-bond donors (Lipinski definition) is 1. The van der Waals surface area contributed by atoms with Crippen molar-refractivity contribution >= 4 is 11.7 Å². The fourth-order valence-electron chi connectivity index (χ4n) is 4.45. The predicted octanol–water partition coefficient (Wildman–Crippen LogP) is 2.76. The largest absolute Gasteiger partial charge is 0.379 e. The molecule has 150 valence electrons. The Morgan fingerprint density at radius 2 is 2.07 bits per heavy atom. The first-order chi connectivity index (χ1) is 13.7. The van der Waals surface area contributed by atoms with Crippen LogP contribution in [0.1, 0.15) is 26.0 Å². The summed E-state index contributed by atoms with van der Waals surface area (Å²) in [5, 5.41) is 7.61. The van der Waals surface area contributed by atoms with Crippen molar-refractivity contribution in [1.82, 2.24) is 19.6 Å². The van der Waals surface area contributed by atoms with Crippen LogP contribution < -0.4 is 5.32 Å². The molecule has 0 radical (unpaired) electrons. The van der Waals surface area contributed by atoms with Crippen LogP contribution in [0.15, 0.2) is 36.5 Å². The SMILES string of the molecule is CCc1c(NC(=O)N2CCN(CC)C3(CCOC3)C2)cnn1-c1ccccc1. The van der Waals surface area contributed by atoms with Gasteiger partial charge in [0.15, 0.2) is 0 Å². The summed E-state index contributed by atoms with van der Waals surface area (Å²) in [5.74, 6) is 0. The highest BCUT2D eigenvalue weighted by molar-refractivity contribution is 5.90. The second-order valence-corrected chi connectivity index (χ2v) is 7.56. The van der Waals surface area contributed by atoms with Crippen LogP contribution in [0.4, 0.5) is 10.5 Å². The first-order valence-electron chi connectivity index (χ1n) is 10.2. The third-order valence-electron chi connectivity index (χ3n) is 5.99. The number of nitrogens with zero attached hydrogens (tertiary/aromatic N) is 4. The molecule has 7 heteroatoms. The third kappa shape index (κ3) is 3.40. The Bertz CT molecular complexity index is 813. The summed E-state index contributed by atoms with van der Waals surface area (Å²) in [7, 11) is 0. The summed E-state index contributed by atoms with van der Waals surface area (Å²) in [6.45, 7) is 9.06. The van der Waals surface area contributed by atoms with E-state index in [1.54, 1.807) is 6.20 Å². The third-order valence-corrected chi connectivity index (χ3v) is 5.99. The van der Waals surface area contributed by atoms with E-state index in [1.807, 2.05) is 39.9 Å². The maximum Gasteiger partial charge on any atom is 0.322 e. The Labute approximate surface area is 166 Å². The fourth-order valence-corrected chi connectivity index (χ4v) is 4.45. The van der Waals surface area contributed by atoms with Gasteiger partial charge >= 0.3 is 6.03 Å². The summed E-state index contributed by atoms with van der Waals surface area (Å²) in [6.07, 6.45) is 3.52. The Morgan fingerprint density at radius 1 is 1.25 bits per heavy atom. The van der Waals surface area contributed by atoms with E-state index in [0.29, 0.717) is 13.2 Å². The number of benzene rings is 1. The number of aromatic nitrogens is 2. The molecular formula is C21H29N5O2. The summed E-state index contributed by atoms with van der Waals surface area (Å²) in [5.41, 5.74) is 2.75. The van der Waals surface area contributed by atoms with Crippen molar-refractivity contribution < 1.29 is 9.53 Å². The number of carbonyl (C=O) groups excluding carboxylic acids is 1. The zero-order valence-corrected chi connectivity index (χ0v) is 16.7. The maximum atomic E-state index is 13.0. The summed E-state index contributed by atoms with van der Waals surface area (Å²) >= 11 is 0. The van der Waals surface area contributed by atoms with Crippen molar-refractivity contribution in [3.05, 3.63) is 42.2 Å². The molecule has 2 aliphatic rings. The molecule has 1 atom stereocenters. The molecule has 28 heavy (non-hydrogen) atoms. The van der Waals surface area contributed by atoms with Crippen LogP contribution in [0.3, 0.4) is 0 Å². The van der Waals surface area contributed by atoms with E-state index >= 15 is 0 Å². The average Bonchev–Trinajstić information content (AvgIpc) is 3.35. The van der Waals surface area contributed by atoms with Crippen LogP contribution in [0.25, 0.3) is 5.69 Å². The van der Waals surface area contributed by atoms with E-state index in [2.05, 4.69) is 29.2 Å². The minimum Gasteiger partial charge on any atom is -0.379 e. The van der Waals surface area contributed by atoms with Crippen LogP contribution in [-0.2, 0) is 11.2 Å². The van der Waals surface area contributed by atoms with Gasteiger partial charge in [-0.15, -0.1) is 0 Å². The van der Waals surface area contributed by atoms with Gasteiger partial charge in [0.1, 0.15) is 0 Å². The van der Waals surface area contributed by atoms with Gasteiger partial charge in [0.25, 0.3) is 0 Å². The highest BCUT2D eigenvalue weighted by Gasteiger charge is 2.45. The Hall–Kier alpha value is -2.38. The van der Waals surface area contributed by atoms with Crippen LogP contribution >= 0.6 is 0 Å². The van der Waals surface area contributed by atoms with E-state index < -0.39 is 0 Å². The first-order valence-corrected chi connectivity index (χ1v) is 10.2. The minimum absolute atomic E-state index is 0.0356. The lowest BCUT2D eigenvalue weighted by atomic mass is 9.93. The molecule has 3 heterocycles. The number of likely N-dealkylation sites (N-methyl/N-ethyl adjacent to an activating group) is 1. The first kappa shape index (κ1) is 19.0. The molecule has 2 saturated heterocycles. The van der Waals surface area contributed by atoms with Gasteiger partial charge in [-0.05, 0) is 31.5 Å². The van der Waals surface area contributed by atoms with Crippen LogP contribution in [0.5, 0.6) is 0 Å². The molecule has 1 spiro atoms. The number of amides is 2. The van der Waals surface area contributed by atoms with Crippen molar-refractivity contribution in [2.75, 3.05) is 44.7 Å². The van der Waals surface area contributed by atoms with E-state index in [0.717, 1.165) is 56.2 Å². The molecule has 1 aromatic carbocycles. The van der Waals surface area contributed by atoms with E-state index in [9.17, 15) is 4.79 Å². The lowest BCUT2D eigenvalue weighted by molar-refractivity contribution is 0.0100. The van der Waals surface area contributed by atoms with Crippen molar-refractivity contribution in [2.24, 2.45) is 0 Å². The molecular weight excluding hydrogens is 354 g/mol. The maximum absolute atomic E-state index is 13.0. The monoisotopic (exact) mass is 383 g/mol. The van der Waals surface area contributed by atoms with Crippen LogP contribution in [0, 0.1) is 0 Å². The quantitative estimate of drug-likeness (QED) is 0.882. The highest BCUT2D eigenvalue weighted by Crippen LogP contribution is 2.30. The minimum atomic E-state index is -0.0515. The van der Waals surface area contributed by atoms with Gasteiger partial charge < -0.3 is 15.0 Å². The Kier molecular flexibility index (Phi) is 5.37. The number of anilines is 1. The number of para-hydroxylation sites is 1. The number of ether oxygens (including phenoxy) is 1. The topological polar surface area (TPSA) is 62.6 Å². The molecule has 1 unspecified atom stereocenters. The highest BCUT2D eigenvalue weighted by atomic mass is 16.5. The van der Waals surface area contributed by atoms with Gasteiger partial charge in [-0.3, -0.25) is 4.90 Å². The summed E-state index contributed by atoms with van der Waals surface area (Å²) < 4.78 is 7.59. The van der Waals surface area contributed by atoms with Crippen molar-refractivity contribution in [2.45, 2.75) is 32.2 Å². The van der Waals surface area contributed by atoms with Crippen molar-refractivity contribution in [1.29, 1.82) is 0 Å². The number of hydrogen-bond acceptors (Lipinski definition) is 4. The number of urea groups is 1. The van der Waals surface area contributed by atoms with Gasteiger partial charge in [0.05, 0.1) is 35.4 Å². The zero-order chi connectivity index (χ0) is 19.6. The molecule has 1 aromatic heterocycles. The van der Waals surface area contributed by atoms with Crippen LogP contribution in [-0.4, -0.2) is 70.5 Å². The normalized spacial score (nSPS) is 22.7. The second kappa shape index (κ2) is 7.93. The zero-order valence-electron chi connectivity index (χ0n) is 16.7. The Balaban J connectivity index is 1.50. The van der Waals surface area contributed by atoms with E-state index in [-0.39, 0.29) is 11.6 Å². The van der Waals surface area contributed by atoms with Gasteiger partial charge in [0.2, 0.25) is 0 Å². The summed E-state index contributed by atoms with van der Waals surface area (Å²) in [4.78, 5) is 17.4. The smallest absolute Gasteiger partial charge is 0.322 e. The summed E-state index contributed by atoms with van der Waals surface area (Å²) in [6, 6.07) is 9.96. The predicted molar refractivity (Wildman–Crippen MR) is 109 cm³/mol. The molecule has 7 nitrogen and oxygen atoms in total. The lowest BCUT2D eigenvalue weighted by Gasteiger charge is -2.47. The van der Waals surface area contributed by atoms with E-state index in [1.165, 1.54) is 0 Å². The molecule has 0 aliphatic carbocycles. The fraction of sp³-hybridized carbons (Fsp3) is 0.524. The van der Waals surface area contributed by atoms with Gasteiger partial charge in [-0.2, -0.15) is 5.10 Å². The van der Waals surface area contributed by atoms with Gasteiger partial charge in [-0.25, -0.2) is 9.48 Å². The molecule has 2 aliphatic heterocycles. The molecule has 0 saturated carbocycles. The molecule has 0 bridgehead atoms. The number of carbonyl (C=O) groups is 1. The number of nitrogens with one attached hydrogen (secondary N) is 1. The van der Waals surface area contributed by atoms with E-state index in [4.69, 9.17) is 4.74 Å².